The van der Waals surface area contributed by atoms with Gasteiger partial charge in [-0.15, -0.1) is 0 Å². The van der Waals surface area contributed by atoms with Gasteiger partial charge in [0.25, 0.3) is 0 Å². The van der Waals surface area contributed by atoms with Gasteiger partial charge in [0.05, 0.1) is 16.6 Å². The summed E-state index contributed by atoms with van der Waals surface area (Å²) in [5.74, 6) is 0.846. The Hall–Kier alpha value is -3.61. The zero-order valence-electron chi connectivity index (χ0n) is 15.0. The Morgan fingerprint density at radius 1 is 0.926 bits per heavy atom. The highest BCUT2D eigenvalue weighted by Crippen LogP contribution is 2.22. The number of para-hydroxylation sites is 3. The Morgan fingerprint density at radius 2 is 1.56 bits per heavy atom. The fraction of sp³-hybridized carbons (Fsp3) is 0.150. The molecule has 4 aromatic rings. The quantitative estimate of drug-likeness (QED) is 0.420. The van der Waals surface area contributed by atoms with E-state index in [0.29, 0.717) is 36.1 Å². The number of allylic oxidation sites excluding steroid dienone is 2. The molecule has 0 bridgehead atoms. The zero-order chi connectivity index (χ0) is 19.0. The highest BCUT2D eigenvalue weighted by atomic mass is 16.1. The van der Waals surface area contributed by atoms with E-state index < -0.39 is 0 Å². The van der Waals surface area contributed by atoms with Crippen molar-refractivity contribution < 1.29 is 4.79 Å². The molecule has 0 amide bonds. The van der Waals surface area contributed by atoms with Gasteiger partial charge in [-0.3, -0.25) is 4.79 Å². The van der Waals surface area contributed by atoms with Crippen LogP contribution >= 0.6 is 0 Å². The van der Waals surface area contributed by atoms with E-state index in [0.717, 1.165) is 16.6 Å². The van der Waals surface area contributed by atoms with Gasteiger partial charge < -0.3 is 20.6 Å². The molecule has 0 radical (unpaired) electrons. The molecule has 0 fully saturated rings. The minimum Gasteiger partial charge on any atom is -0.369 e. The molecule has 4 rings (SSSR count). The Bertz CT molecular complexity index is 1180. The van der Waals surface area contributed by atoms with Crippen molar-refractivity contribution in [1.29, 1.82) is 0 Å². The number of anilines is 2. The van der Waals surface area contributed by atoms with Gasteiger partial charge in [0.2, 0.25) is 11.9 Å². The number of carbonyl (C=O) groups excluding carboxylic acids is 1. The third-order valence-corrected chi connectivity index (χ3v) is 4.61. The largest absolute Gasteiger partial charge is 0.369 e. The van der Waals surface area contributed by atoms with Crippen LogP contribution in [-0.2, 0) is 13.1 Å². The van der Waals surface area contributed by atoms with Crippen molar-refractivity contribution in [2.24, 2.45) is 0 Å². The third kappa shape index (κ3) is 2.93. The van der Waals surface area contributed by atoms with E-state index in [1.165, 1.54) is 6.92 Å². The summed E-state index contributed by atoms with van der Waals surface area (Å²) >= 11 is 0. The van der Waals surface area contributed by atoms with Crippen LogP contribution < -0.4 is 11.5 Å². The lowest BCUT2D eigenvalue weighted by atomic mass is 10.1. The van der Waals surface area contributed by atoms with E-state index >= 15 is 0 Å². The van der Waals surface area contributed by atoms with Crippen molar-refractivity contribution in [3.8, 4) is 0 Å². The van der Waals surface area contributed by atoms with Gasteiger partial charge in [-0.05, 0) is 31.2 Å². The molecule has 0 spiro atoms. The first kappa shape index (κ1) is 16.8. The van der Waals surface area contributed by atoms with Crippen LogP contribution in [0.1, 0.15) is 17.3 Å². The summed E-state index contributed by atoms with van der Waals surface area (Å²) in [6, 6.07) is 13.4. The maximum absolute atomic E-state index is 11.8. The minimum atomic E-state index is -0.0248. The fourth-order valence-electron chi connectivity index (χ4n) is 3.29. The lowest BCUT2D eigenvalue weighted by Crippen LogP contribution is -2.03. The predicted molar refractivity (Wildman–Crippen MR) is 107 cm³/mol. The summed E-state index contributed by atoms with van der Waals surface area (Å²) in [5.41, 5.74) is 16.0. The maximum atomic E-state index is 11.8. The molecule has 4 N–H and O–H groups in total. The van der Waals surface area contributed by atoms with Crippen molar-refractivity contribution in [1.82, 2.24) is 19.1 Å². The number of Topliss-reactive ketones (excluding diaryl/α,β-unsaturated/α-hetero) is 1. The number of nitrogens with two attached hydrogens (primary N) is 2. The second-order valence-corrected chi connectivity index (χ2v) is 6.35. The van der Waals surface area contributed by atoms with Gasteiger partial charge in [-0.2, -0.15) is 0 Å². The topological polar surface area (TPSA) is 105 Å². The molecule has 0 saturated heterocycles. The monoisotopic (exact) mass is 360 g/mol. The molecule has 0 aliphatic heterocycles. The molecule has 0 aliphatic rings. The van der Waals surface area contributed by atoms with Gasteiger partial charge in [0.1, 0.15) is 5.52 Å². The van der Waals surface area contributed by atoms with Gasteiger partial charge in [0.15, 0.2) is 5.78 Å². The standard InChI is InChI=1S/C20H20N6O/c1-13(27)14-7-6-10-17-18(14)24-20(22)26(17)12-5-4-11-25-16-9-3-2-8-15(16)23-19(25)21/h2-10H,11-12H2,1H3,(H2,21,23)(H2,22,24)/b5-4+. The van der Waals surface area contributed by atoms with Crippen LogP contribution in [0.2, 0.25) is 0 Å². The summed E-state index contributed by atoms with van der Waals surface area (Å²) in [7, 11) is 0. The van der Waals surface area contributed by atoms with E-state index in [9.17, 15) is 4.79 Å². The molecule has 136 valence electrons. The SMILES string of the molecule is CC(=O)c1cccc2c1nc(N)n2C/C=C/Cn1c(N)nc2ccccc21. The molecule has 2 heterocycles. The Labute approximate surface area is 155 Å². The molecule has 2 aromatic heterocycles. The van der Waals surface area contributed by atoms with Crippen LogP contribution in [0.25, 0.3) is 22.1 Å². The van der Waals surface area contributed by atoms with Crippen molar-refractivity contribution in [2.45, 2.75) is 20.0 Å². The third-order valence-electron chi connectivity index (χ3n) is 4.61. The summed E-state index contributed by atoms with van der Waals surface area (Å²) < 4.78 is 3.84. The molecule has 27 heavy (non-hydrogen) atoms. The first-order valence-electron chi connectivity index (χ1n) is 8.67. The number of fused-ring (bicyclic) bond motifs is 2. The number of imidazole rings is 2. The van der Waals surface area contributed by atoms with E-state index in [4.69, 9.17) is 11.5 Å². The molecular weight excluding hydrogens is 340 g/mol. The van der Waals surface area contributed by atoms with Gasteiger partial charge in [0, 0.05) is 18.7 Å². The summed E-state index contributed by atoms with van der Waals surface area (Å²) in [6.07, 6.45) is 4.02. The Kier molecular flexibility index (Phi) is 4.12. The first-order chi connectivity index (χ1) is 13.1. The van der Waals surface area contributed by atoms with Crippen LogP contribution in [0.15, 0.2) is 54.6 Å². The lowest BCUT2D eigenvalue weighted by Gasteiger charge is -2.04. The van der Waals surface area contributed by atoms with Crippen molar-refractivity contribution in [3.63, 3.8) is 0 Å². The van der Waals surface area contributed by atoms with Crippen molar-refractivity contribution >= 4 is 39.7 Å². The van der Waals surface area contributed by atoms with Crippen LogP contribution in [0.3, 0.4) is 0 Å². The average Bonchev–Trinajstić information content (AvgIpc) is 3.14. The normalized spacial score (nSPS) is 11.7. The highest BCUT2D eigenvalue weighted by molar-refractivity contribution is 6.05. The van der Waals surface area contributed by atoms with Gasteiger partial charge in [-0.25, -0.2) is 9.97 Å². The summed E-state index contributed by atoms with van der Waals surface area (Å²) in [5, 5.41) is 0. The number of ketones is 1. The van der Waals surface area contributed by atoms with Gasteiger partial charge in [-0.1, -0.05) is 30.4 Å². The number of nitrogen functional groups attached to an aromatic ring is 2. The second-order valence-electron chi connectivity index (χ2n) is 6.35. The van der Waals surface area contributed by atoms with Crippen molar-refractivity contribution in [3.05, 3.63) is 60.2 Å². The summed E-state index contributed by atoms with van der Waals surface area (Å²) in [6.45, 7) is 2.69. The van der Waals surface area contributed by atoms with E-state index in [1.54, 1.807) is 6.07 Å². The maximum Gasteiger partial charge on any atom is 0.201 e. The van der Waals surface area contributed by atoms with Gasteiger partial charge >= 0.3 is 0 Å². The molecule has 0 atom stereocenters. The van der Waals surface area contributed by atoms with Crippen LogP contribution in [0.5, 0.6) is 0 Å². The van der Waals surface area contributed by atoms with Crippen LogP contribution in [-0.4, -0.2) is 24.9 Å². The number of hydrogen-bond donors (Lipinski definition) is 2. The summed E-state index contributed by atoms with van der Waals surface area (Å²) in [4.78, 5) is 20.5. The number of hydrogen-bond acceptors (Lipinski definition) is 5. The zero-order valence-corrected chi connectivity index (χ0v) is 15.0. The lowest BCUT2D eigenvalue weighted by molar-refractivity contribution is 0.101. The Morgan fingerprint density at radius 3 is 2.30 bits per heavy atom. The smallest absolute Gasteiger partial charge is 0.201 e. The van der Waals surface area contributed by atoms with E-state index in [1.807, 2.05) is 57.7 Å². The highest BCUT2D eigenvalue weighted by Gasteiger charge is 2.13. The molecule has 2 aromatic carbocycles. The Balaban J connectivity index is 1.58. The molecule has 7 nitrogen and oxygen atoms in total. The fourth-order valence-corrected chi connectivity index (χ4v) is 3.29. The number of aromatic nitrogens is 4. The molecule has 0 saturated carbocycles. The van der Waals surface area contributed by atoms with Crippen molar-refractivity contribution in [2.75, 3.05) is 11.5 Å². The second kappa shape index (κ2) is 6.60. The van der Waals surface area contributed by atoms with E-state index in [-0.39, 0.29) is 5.78 Å². The minimum absolute atomic E-state index is 0.0248. The molecule has 7 heteroatoms. The number of nitrogens with zero attached hydrogens (tertiary/aromatic N) is 4. The number of rotatable bonds is 5. The average molecular weight is 360 g/mol. The first-order valence-corrected chi connectivity index (χ1v) is 8.67. The van der Waals surface area contributed by atoms with E-state index in [2.05, 4.69) is 9.97 Å². The molecule has 0 unspecified atom stereocenters. The van der Waals surface area contributed by atoms with Crippen LogP contribution in [0.4, 0.5) is 11.9 Å². The number of benzene rings is 2. The molecule has 0 aliphatic carbocycles. The van der Waals surface area contributed by atoms with Crippen LogP contribution in [0, 0.1) is 0 Å². The number of carbonyl (C=O) groups is 1. The molecular formula is C20H20N6O. The predicted octanol–water partition coefficient (Wildman–Crippen LogP) is 3.01.